The molecular weight excluding hydrogens is 268 g/mol. The Labute approximate surface area is 125 Å². The molecule has 2 rings (SSSR count). The molecule has 0 unspecified atom stereocenters. The fourth-order valence-corrected chi connectivity index (χ4v) is 6.77. The van der Waals surface area contributed by atoms with Crippen LogP contribution >= 0.6 is 0 Å². The van der Waals surface area contributed by atoms with Gasteiger partial charge in [-0.05, 0) is 39.0 Å². The van der Waals surface area contributed by atoms with E-state index in [1.54, 1.807) is 0 Å². The minimum Gasteiger partial charge on any atom is -0.374 e. The number of hydrogen-bond acceptors (Lipinski definition) is 3. The molecule has 0 aromatic heterocycles. The second kappa shape index (κ2) is 8.52. The standard InChI is InChI=1S/C16H32O3Si/c1-3-17-20(18-4-2,16-11-6-5-7-12-16)19-14-13-15-9-8-10-15/h15-16H,3-14H2,1-2H3. The van der Waals surface area contributed by atoms with Crippen molar-refractivity contribution >= 4 is 8.80 Å². The molecule has 3 nitrogen and oxygen atoms in total. The van der Waals surface area contributed by atoms with E-state index < -0.39 is 8.80 Å². The first-order valence-electron chi connectivity index (χ1n) is 8.72. The minimum absolute atomic E-state index is 0.539. The highest BCUT2D eigenvalue weighted by molar-refractivity contribution is 6.62. The summed E-state index contributed by atoms with van der Waals surface area (Å²) in [6.45, 7) is 6.41. The topological polar surface area (TPSA) is 27.7 Å². The van der Waals surface area contributed by atoms with E-state index in [0.717, 1.165) is 12.5 Å². The first kappa shape index (κ1) is 16.5. The zero-order valence-corrected chi connectivity index (χ0v) is 14.4. The smallest absolute Gasteiger partial charge is 0.374 e. The fourth-order valence-electron chi connectivity index (χ4n) is 3.49. The van der Waals surface area contributed by atoms with Crippen molar-refractivity contribution in [1.29, 1.82) is 0 Å². The summed E-state index contributed by atoms with van der Waals surface area (Å²) in [6.07, 6.45) is 11.8. The molecule has 2 aliphatic rings. The summed E-state index contributed by atoms with van der Waals surface area (Å²) in [5.74, 6) is 0.899. The molecule has 0 heterocycles. The van der Waals surface area contributed by atoms with Crippen LogP contribution in [-0.4, -0.2) is 28.6 Å². The molecule has 0 radical (unpaired) electrons. The molecule has 0 aliphatic heterocycles. The largest absolute Gasteiger partial charge is 0.504 e. The van der Waals surface area contributed by atoms with Crippen LogP contribution in [0.2, 0.25) is 5.54 Å². The normalized spacial score (nSPS) is 21.9. The Hall–Kier alpha value is 0.0969. The van der Waals surface area contributed by atoms with Crippen LogP contribution in [0.4, 0.5) is 0 Å². The highest BCUT2D eigenvalue weighted by atomic mass is 28.4. The molecule has 20 heavy (non-hydrogen) atoms. The Balaban J connectivity index is 1.91. The molecule has 0 N–H and O–H groups in total. The molecular formula is C16H32O3Si. The lowest BCUT2D eigenvalue weighted by atomic mass is 9.83. The average molecular weight is 301 g/mol. The van der Waals surface area contributed by atoms with E-state index in [4.69, 9.17) is 13.3 Å². The van der Waals surface area contributed by atoms with Crippen LogP contribution in [0.5, 0.6) is 0 Å². The summed E-state index contributed by atoms with van der Waals surface area (Å²) in [6, 6.07) is 0. The van der Waals surface area contributed by atoms with Gasteiger partial charge >= 0.3 is 8.80 Å². The summed E-state index contributed by atoms with van der Waals surface area (Å²) in [4.78, 5) is 0. The Morgan fingerprint density at radius 2 is 1.45 bits per heavy atom. The maximum Gasteiger partial charge on any atom is 0.504 e. The lowest BCUT2D eigenvalue weighted by molar-refractivity contribution is 0.0452. The van der Waals surface area contributed by atoms with Crippen molar-refractivity contribution in [3.8, 4) is 0 Å². The van der Waals surface area contributed by atoms with Gasteiger partial charge in [0, 0.05) is 25.4 Å². The molecule has 2 aliphatic carbocycles. The van der Waals surface area contributed by atoms with Gasteiger partial charge in [0.25, 0.3) is 0 Å². The molecule has 4 heteroatoms. The van der Waals surface area contributed by atoms with Gasteiger partial charge in [0.15, 0.2) is 0 Å². The van der Waals surface area contributed by atoms with Gasteiger partial charge in [-0.1, -0.05) is 38.5 Å². The van der Waals surface area contributed by atoms with Crippen LogP contribution < -0.4 is 0 Å². The first-order chi connectivity index (χ1) is 9.80. The molecule has 0 atom stereocenters. The Bertz CT molecular complexity index is 256. The molecule has 0 aromatic carbocycles. The van der Waals surface area contributed by atoms with Gasteiger partial charge in [-0.15, -0.1) is 0 Å². The predicted molar refractivity (Wildman–Crippen MR) is 83.8 cm³/mol. The van der Waals surface area contributed by atoms with Crippen LogP contribution in [0.3, 0.4) is 0 Å². The number of rotatable bonds is 9. The van der Waals surface area contributed by atoms with E-state index in [2.05, 4.69) is 13.8 Å². The van der Waals surface area contributed by atoms with Gasteiger partial charge in [-0.25, -0.2) is 0 Å². The van der Waals surface area contributed by atoms with Crippen LogP contribution in [-0.2, 0) is 13.3 Å². The van der Waals surface area contributed by atoms with Crippen molar-refractivity contribution < 1.29 is 13.3 Å². The van der Waals surface area contributed by atoms with Gasteiger partial charge in [-0.3, -0.25) is 0 Å². The van der Waals surface area contributed by atoms with Crippen molar-refractivity contribution in [2.75, 3.05) is 19.8 Å². The van der Waals surface area contributed by atoms with E-state index in [-0.39, 0.29) is 0 Å². The maximum atomic E-state index is 6.35. The second-order valence-corrected chi connectivity index (χ2v) is 9.13. The van der Waals surface area contributed by atoms with Crippen molar-refractivity contribution in [3.63, 3.8) is 0 Å². The van der Waals surface area contributed by atoms with Gasteiger partial charge in [0.1, 0.15) is 0 Å². The van der Waals surface area contributed by atoms with E-state index in [1.165, 1.54) is 57.8 Å². The van der Waals surface area contributed by atoms with Gasteiger partial charge in [0.2, 0.25) is 0 Å². The highest BCUT2D eigenvalue weighted by Crippen LogP contribution is 2.39. The fraction of sp³-hybridized carbons (Fsp3) is 1.00. The number of hydrogen-bond donors (Lipinski definition) is 0. The third-order valence-corrected chi connectivity index (χ3v) is 8.42. The predicted octanol–water partition coefficient (Wildman–Crippen LogP) is 4.54. The quantitative estimate of drug-likeness (QED) is 0.585. The molecule has 0 spiro atoms. The first-order valence-corrected chi connectivity index (χ1v) is 10.5. The summed E-state index contributed by atoms with van der Waals surface area (Å²) in [5.41, 5.74) is 0.539. The van der Waals surface area contributed by atoms with E-state index in [1.807, 2.05) is 0 Å². The van der Waals surface area contributed by atoms with Crippen molar-refractivity contribution in [3.05, 3.63) is 0 Å². The Kier molecular flexibility index (Phi) is 7.01. The molecule has 0 saturated heterocycles. The summed E-state index contributed by atoms with van der Waals surface area (Å²) in [5, 5.41) is 0. The van der Waals surface area contributed by atoms with E-state index in [0.29, 0.717) is 18.8 Å². The highest BCUT2D eigenvalue weighted by Gasteiger charge is 2.49. The van der Waals surface area contributed by atoms with E-state index >= 15 is 0 Å². The summed E-state index contributed by atoms with van der Waals surface area (Å²) < 4.78 is 18.6. The van der Waals surface area contributed by atoms with Crippen LogP contribution in [0.15, 0.2) is 0 Å². The Morgan fingerprint density at radius 3 is 1.95 bits per heavy atom. The summed E-state index contributed by atoms with van der Waals surface area (Å²) in [7, 11) is -2.45. The summed E-state index contributed by atoms with van der Waals surface area (Å²) >= 11 is 0. The Morgan fingerprint density at radius 1 is 0.800 bits per heavy atom. The molecule has 118 valence electrons. The third-order valence-electron chi connectivity index (χ3n) is 4.85. The van der Waals surface area contributed by atoms with Crippen molar-refractivity contribution in [2.24, 2.45) is 5.92 Å². The van der Waals surface area contributed by atoms with Gasteiger partial charge in [0.05, 0.1) is 0 Å². The van der Waals surface area contributed by atoms with Crippen LogP contribution in [0, 0.1) is 5.92 Å². The zero-order chi connectivity index (χ0) is 14.3. The second-order valence-electron chi connectivity index (χ2n) is 6.24. The molecule has 0 bridgehead atoms. The minimum atomic E-state index is -2.45. The molecule has 2 fully saturated rings. The SMILES string of the molecule is CCO[Si](OCC)(OCCC1CCC1)C1CCCCC1. The van der Waals surface area contributed by atoms with Crippen molar-refractivity contribution in [2.45, 2.75) is 77.2 Å². The monoisotopic (exact) mass is 300 g/mol. The lowest BCUT2D eigenvalue weighted by Gasteiger charge is -2.38. The van der Waals surface area contributed by atoms with E-state index in [9.17, 15) is 0 Å². The average Bonchev–Trinajstić information content (AvgIpc) is 2.43. The van der Waals surface area contributed by atoms with Crippen molar-refractivity contribution in [1.82, 2.24) is 0 Å². The lowest BCUT2D eigenvalue weighted by Crippen LogP contribution is -2.51. The van der Waals surface area contributed by atoms with Gasteiger partial charge in [-0.2, -0.15) is 0 Å². The molecule has 0 aromatic rings. The molecule has 0 amide bonds. The van der Waals surface area contributed by atoms with Crippen LogP contribution in [0.1, 0.15) is 71.6 Å². The van der Waals surface area contributed by atoms with Crippen LogP contribution in [0.25, 0.3) is 0 Å². The molecule has 2 saturated carbocycles. The third kappa shape index (κ3) is 4.29. The maximum absolute atomic E-state index is 6.35. The zero-order valence-electron chi connectivity index (χ0n) is 13.4. The van der Waals surface area contributed by atoms with Gasteiger partial charge < -0.3 is 13.3 Å².